The molecule has 0 rings (SSSR count). The van der Waals surface area contributed by atoms with Gasteiger partial charge in [-0.15, -0.1) is 0 Å². The summed E-state index contributed by atoms with van der Waals surface area (Å²) in [6.07, 6.45) is 1.13. The van der Waals surface area contributed by atoms with Crippen LogP contribution in [0.5, 0.6) is 0 Å². The molecule has 0 bridgehead atoms. The van der Waals surface area contributed by atoms with Crippen molar-refractivity contribution in [3.8, 4) is 0 Å². The van der Waals surface area contributed by atoms with E-state index < -0.39 is 8.56 Å². The minimum absolute atomic E-state index is 0.752. The zero-order chi connectivity index (χ0) is 9.45. The van der Waals surface area contributed by atoms with Crippen LogP contribution in [-0.4, -0.2) is 21.8 Å². The van der Waals surface area contributed by atoms with Crippen molar-refractivity contribution < 1.29 is 8.85 Å². The molecule has 0 atom stereocenters. The highest BCUT2D eigenvalue weighted by molar-refractivity contribution is 6.67. The van der Waals surface area contributed by atoms with Gasteiger partial charge in [-0.1, -0.05) is 20.3 Å². The van der Waals surface area contributed by atoms with E-state index in [-0.39, 0.29) is 0 Å². The van der Waals surface area contributed by atoms with E-state index in [1.807, 2.05) is 13.8 Å². The van der Waals surface area contributed by atoms with E-state index in [9.17, 15) is 0 Å². The molecule has 0 aliphatic heterocycles. The maximum atomic E-state index is 5.71. The molecular weight excluding hydrogens is 168 g/mol. The zero-order valence-electron chi connectivity index (χ0n) is 8.56. The van der Waals surface area contributed by atoms with E-state index in [4.69, 9.17) is 8.85 Å². The first kappa shape index (κ1) is 12.1. The van der Waals surface area contributed by atoms with Gasteiger partial charge in [-0.3, -0.25) is 0 Å². The van der Waals surface area contributed by atoms with Gasteiger partial charge in [0, 0.05) is 13.2 Å². The summed E-state index contributed by atoms with van der Waals surface area (Å²) in [5.41, 5.74) is 0. The van der Waals surface area contributed by atoms with E-state index in [0.717, 1.165) is 31.7 Å². The van der Waals surface area contributed by atoms with Crippen LogP contribution in [0.4, 0.5) is 0 Å². The van der Waals surface area contributed by atoms with Crippen molar-refractivity contribution in [1.29, 1.82) is 0 Å². The molecule has 0 saturated carbocycles. The van der Waals surface area contributed by atoms with Gasteiger partial charge >= 0.3 is 8.56 Å². The average molecular weight is 189 g/mol. The predicted octanol–water partition coefficient (Wildman–Crippen LogP) is 2.75. The summed E-state index contributed by atoms with van der Waals surface area (Å²) in [5.74, 6) is 0. The fourth-order valence-electron chi connectivity index (χ4n) is 1.36. The first-order chi connectivity index (χ1) is 5.74. The number of hydrogen-bond acceptors (Lipinski definition) is 2. The van der Waals surface area contributed by atoms with Crippen LogP contribution in [0.1, 0.15) is 27.2 Å². The molecule has 0 unspecified atom stereocenters. The van der Waals surface area contributed by atoms with Crippen molar-refractivity contribution >= 4 is 8.56 Å². The standard InChI is InChI=1S/C9H21O2Si/c1-5-9-12(8-4,10-6-2)11-7-3/h4-9H2,1-3H3. The molecule has 2 nitrogen and oxygen atoms in total. The highest BCUT2D eigenvalue weighted by Gasteiger charge is 2.33. The SMILES string of the molecule is [CH2]C[Si](CCC)(OCC)OCC. The van der Waals surface area contributed by atoms with Crippen LogP contribution in [0.25, 0.3) is 0 Å². The molecule has 0 aromatic heterocycles. The van der Waals surface area contributed by atoms with Gasteiger partial charge in [-0.2, -0.15) is 0 Å². The van der Waals surface area contributed by atoms with Gasteiger partial charge in [0.05, 0.1) is 0 Å². The first-order valence-electron chi connectivity index (χ1n) is 4.81. The molecular formula is C9H21O2Si. The first-order valence-corrected chi connectivity index (χ1v) is 7.04. The summed E-state index contributed by atoms with van der Waals surface area (Å²) in [7, 11) is -1.88. The third-order valence-electron chi connectivity index (χ3n) is 1.83. The second kappa shape index (κ2) is 6.63. The fraction of sp³-hybridized carbons (Fsp3) is 0.889. The van der Waals surface area contributed by atoms with E-state index in [1.54, 1.807) is 0 Å². The average Bonchev–Trinajstić information content (AvgIpc) is 2.06. The number of rotatable bonds is 7. The molecule has 0 aliphatic rings. The quantitative estimate of drug-likeness (QED) is 0.573. The Labute approximate surface area is 77.5 Å². The normalized spacial score (nSPS) is 12.0. The van der Waals surface area contributed by atoms with Gasteiger partial charge < -0.3 is 8.85 Å². The molecule has 0 aromatic carbocycles. The minimum atomic E-state index is -1.88. The van der Waals surface area contributed by atoms with Gasteiger partial charge in [0.1, 0.15) is 0 Å². The van der Waals surface area contributed by atoms with Gasteiger partial charge in [-0.25, -0.2) is 0 Å². The molecule has 0 fully saturated rings. The Kier molecular flexibility index (Phi) is 6.71. The molecule has 0 aliphatic carbocycles. The van der Waals surface area contributed by atoms with E-state index in [2.05, 4.69) is 13.8 Å². The second-order valence-electron chi connectivity index (χ2n) is 2.78. The monoisotopic (exact) mass is 189 g/mol. The lowest BCUT2D eigenvalue weighted by Crippen LogP contribution is -2.41. The Hall–Kier alpha value is 0.137. The van der Waals surface area contributed by atoms with E-state index >= 15 is 0 Å². The third kappa shape index (κ3) is 3.69. The van der Waals surface area contributed by atoms with Crippen molar-refractivity contribution in [3.05, 3.63) is 6.92 Å². The molecule has 0 heterocycles. The Morgan fingerprint density at radius 2 is 1.58 bits per heavy atom. The Bertz CT molecular complexity index is 89.7. The third-order valence-corrected chi connectivity index (χ3v) is 5.48. The molecule has 12 heavy (non-hydrogen) atoms. The van der Waals surface area contributed by atoms with Crippen LogP contribution in [-0.2, 0) is 8.85 Å². The summed E-state index contributed by atoms with van der Waals surface area (Å²) in [5, 5.41) is 0. The Balaban J connectivity index is 4.06. The van der Waals surface area contributed by atoms with Crippen molar-refractivity contribution in [1.82, 2.24) is 0 Å². The molecule has 0 aromatic rings. The summed E-state index contributed by atoms with van der Waals surface area (Å²) >= 11 is 0. The molecule has 0 N–H and O–H groups in total. The fourth-order valence-corrected chi connectivity index (χ4v) is 4.09. The summed E-state index contributed by atoms with van der Waals surface area (Å²) in [4.78, 5) is 0. The Morgan fingerprint density at radius 3 is 1.83 bits per heavy atom. The summed E-state index contributed by atoms with van der Waals surface area (Å²) in [6, 6.07) is 1.89. The smallest absolute Gasteiger partial charge is 0.338 e. The van der Waals surface area contributed by atoms with Crippen LogP contribution in [0.2, 0.25) is 12.1 Å². The van der Waals surface area contributed by atoms with Crippen LogP contribution >= 0.6 is 0 Å². The lowest BCUT2D eigenvalue weighted by Gasteiger charge is -2.28. The van der Waals surface area contributed by atoms with Crippen LogP contribution in [0.15, 0.2) is 0 Å². The van der Waals surface area contributed by atoms with Crippen LogP contribution in [0.3, 0.4) is 0 Å². The van der Waals surface area contributed by atoms with Gasteiger partial charge in [0.2, 0.25) is 0 Å². The Morgan fingerprint density at radius 1 is 1.08 bits per heavy atom. The molecule has 0 amide bonds. The summed E-state index contributed by atoms with van der Waals surface area (Å²) in [6.45, 7) is 11.6. The highest BCUT2D eigenvalue weighted by atomic mass is 28.4. The van der Waals surface area contributed by atoms with Crippen LogP contribution < -0.4 is 0 Å². The van der Waals surface area contributed by atoms with Crippen molar-refractivity contribution in [3.63, 3.8) is 0 Å². The summed E-state index contributed by atoms with van der Waals surface area (Å²) < 4.78 is 11.4. The highest BCUT2D eigenvalue weighted by Crippen LogP contribution is 2.20. The zero-order valence-corrected chi connectivity index (χ0v) is 9.56. The number of hydrogen-bond donors (Lipinski definition) is 0. The topological polar surface area (TPSA) is 18.5 Å². The minimum Gasteiger partial charge on any atom is -0.394 e. The molecule has 3 heteroatoms. The maximum absolute atomic E-state index is 5.71. The molecule has 0 saturated heterocycles. The molecule has 73 valence electrons. The van der Waals surface area contributed by atoms with Crippen LogP contribution in [0, 0.1) is 6.92 Å². The van der Waals surface area contributed by atoms with Crippen molar-refractivity contribution in [2.75, 3.05) is 13.2 Å². The van der Waals surface area contributed by atoms with Gasteiger partial charge in [0.15, 0.2) is 0 Å². The van der Waals surface area contributed by atoms with Crippen molar-refractivity contribution in [2.45, 2.75) is 39.3 Å². The van der Waals surface area contributed by atoms with E-state index in [0.29, 0.717) is 0 Å². The lowest BCUT2D eigenvalue weighted by molar-refractivity contribution is 0.185. The van der Waals surface area contributed by atoms with Gasteiger partial charge in [0.25, 0.3) is 0 Å². The van der Waals surface area contributed by atoms with Crippen molar-refractivity contribution in [2.24, 2.45) is 0 Å². The van der Waals surface area contributed by atoms with Gasteiger partial charge in [-0.05, 0) is 25.9 Å². The molecule has 1 radical (unpaired) electrons. The second-order valence-corrected chi connectivity index (χ2v) is 6.18. The molecule has 0 spiro atoms. The largest absolute Gasteiger partial charge is 0.394 e. The predicted molar refractivity (Wildman–Crippen MR) is 54.3 cm³/mol. The lowest BCUT2D eigenvalue weighted by atomic mass is 10.6. The van der Waals surface area contributed by atoms with E-state index in [1.165, 1.54) is 0 Å². The maximum Gasteiger partial charge on any atom is 0.338 e.